The van der Waals surface area contributed by atoms with Crippen molar-refractivity contribution in [2.75, 3.05) is 31.1 Å². The lowest BCUT2D eigenvalue weighted by molar-refractivity contribution is 0.236. The highest BCUT2D eigenvalue weighted by atomic mass is 19.1. The Balaban J connectivity index is 1.33. The molecule has 0 bridgehead atoms. The van der Waals surface area contributed by atoms with E-state index in [-0.39, 0.29) is 11.8 Å². The number of carbonyl (C=O) groups is 1. The molecule has 144 valence electrons. The molecule has 1 aliphatic heterocycles. The molecule has 0 atom stereocenters. The summed E-state index contributed by atoms with van der Waals surface area (Å²) >= 11 is 0. The van der Waals surface area contributed by atoms with Gasteiger partial charge in [0.2, 0.25) is 0 Å². The standard InChI is InChI=1S/C20H25FN4O2/c21-17-5-7-18(8-6-17)27-13-10-22-20(26)24-15-16-4-9-19(23-14-16)25-11-2-1-3-12-25/h4-9,14H,1-3,10-13,15H2,(H2,22,24,26). The summed E-state index contributed by atoms with van der Waals surface area (Å²) in [4.78, 5) is 18.6. The minimum absolute atomic E-state index is 0.266. The van der Waals surface area contributed by atoms with Gasteiger partial charge in [0.25, 0.3) is 0 Å². The van der Waals surface area contributed by atoms with Gasteiger partial charge in [0.15, 0.2) is 0 Å². The molecule has 1 aromatic carbocycles. The van der Waals surface area contributed by atoms with Crippen LogP contribution in [-0.4, -0.2) is 37.3 Å². The molecule has 2 aromatic rings. The molecule has 1 aliphatic rings. The van der Waals surface area contributed by atoms with Crippen LogP contribution in [-0.2, 0) is 6.54 Å². The summed E-state index contributed by atoms with van der Waals surface area (Å²) in [6, 6.07) is 9.51. The van der Waals surface area contributed by atoms with E-state index >= 15 is 0 Å². The lowest BCUT2D eigenvalue weighted by atomic mass is 10.1. The normalized spacial score (nSPS) is 13.9. The number of halogens is 1. The molecule has 2 amide bonds. The zero-order chi connectivity index (χ0) is 18.9. The highest BCUT2D eigenvalue weighted by Gasteiger charge is 2.11. The number of piperidine rings is 1. The number of amides is 2. The van der Waals surface area contributed by atoms with Crippen LogP contribution in [0.1, 0.15) is 24.8 Å². The van der Waals surface area contributed by atoms with Crippen molar-refractivity contribution in [1.29, 1.82) is 0 Å². The molecule has 2 N–H and O–H groups in total. The van der Waals surface area contributed by atoms with Gasteiger partial charge in [-0.05, 0) is 55.2 Å². The Morgan fingerprint density at radius 2 is 1.85 bits per heavy atom. The molecular weight excluding hydrogens is 347 g/mol. The van der Waals surface area contributed by atoms with Gasteiger partial charge in [-0.1, -0.05) is 6.07 Å². The molecular formula is C20H25FN4O2. The molecule has 2 heterocycles. The maximum atomic E-state index is 12.8. The van der Waals surface area contributed by atoms with Gasteiger partial charge >= 0.3 is 6.03 Å². The number of benzene rings is 1. The number of nitrogens with zero attached hydrogens (tertiary/aromatic N) is 2. The van der Waals surface area contributed by atoms with Gasteiger partial charge < -0.3 is 20.3 Å². The van der Waals surface area contributed by atoms with E-state index in [1.165, 1.54) is 31.4 Å². The molecule has 0 radical (unpaired) electrons. The van der Waals surface area contributed by atoms with Crippen molar-refractivity contribution in [3.05, 3.63) is 54.0 Å². The van der Waals surface area contributed by atoms with Gasteiger partial charge in [-0.25, -0.2) is 14.2 Å². The van der Waals surface area contributed by atoms with Gasteiger partial charge in [-0.3, -0.25) is 0 Å². The summed E-state index contributed by atoms with van der Waals surface area (Å²) in [6.45, 7) is 3.21. The van der Waals surface area contributed by atoms with E-state index in [9.17, 15) is 9.18 Å². The lowest BCUT2D eigenvalue weighted by Crippen LogP contribution is -2.37. The lowest BCUT2D eigenvalue weighted by Gasteiger charge is -2.27. The second-order valence-corrected chi connectivity index (χ2v) is 6.48. The number of rotatable bonds is 7. The summed E-state index contributed by atoms with van der Waals surface area (Å²) in [5.74, 6) is 1.26. The monoisotopic (exact) mass is 372 g/mol. The van der Waals surface area contributed by atoms with E-state index in [1.807, 2.05) is 18.3 Å². The van der Waals surface area contributed by atoms with Crippen LogP contribution in [0.5, 0.6) is 5.75 Å². The number of carbonyl (C=O) groups excluding carboxylic acids is 1. The van der Waals surface area contributed by atoms with Crippen LogP contribution in [0.3, 0.4) is 0 Å². The molecule has 7 heteroatoms. The van der Waals surface area contributed by atoms with E-state index in [1.54, 1.807) is 12.1 Å². The van der Waals surface area contributed by atoms with Crippen LogP contribution in [0.2, 0.25) is 0 Å². The third-order valence-corrected chi connectivity index (χ3v) is 4.41. The second-order valence-electron chi connectivity index (χ2n) is 6.48. The van der Waals surface area contributed by atoms with Gasteiger partial charge in [-0.15, -0.1) is 0 Å². The maximum absolute atomic E-state index is 12.8. The Labute approximate surface area is 158 Å². The number of anilines is 1. The fraction of sp³-hybridized carbons (Fsp3) is 0.400. The van der Waals surface area contributed by atoms with Crippen molar-refractivity contribution < 1.29 is 13.9 Å². The van der Waals surface area contributed by atoms with E-state index in [4.69, 9.17) is 4.74 Å². The minimum atomic E-state index is -0.307. The van der Waals surface area contributed by atoms with E-state index in [0.717, 1.165) is 24.5 Å². The van der Waals surface area contributed by atoms with Crippen LogP contribution in [0.15, 0.2) is 42.6 Å². The predicted octanol–water partition coefficient (Wildman–Crippen LogP) is 3.09. The number of hydrogen-bond donors (Lipinski definition) is 2. The van der Waals surface area contributed by atoms with Crippen LogP contribution in [0, 0.1) is 5.82 Å². The SMILES string of the molecule is O=C(NCCOc1ccc(F)cc1)NCc1ccc(N2CCCCC2)nc1. The Morgan fingerprint density at radius 3 is 2.56 bits per heavy atom. The molecule has 6 nitrogen and oxygen atoms in total. The highest BCUT2D eigenvalue weighted by Crippen LogP contribution is 2.17. The quantitative estimate of drug-likeness (QED) is 0.733. The zero-order valence-corrected chi connectivity index (χ0v) is 15.3. The number of urea groups is 1. The third-order valence-electron chi connectivity index (χ3n) is 4.41. The molecule has 0 aliphatic carbocycles. The van der Waals surface area contributed by atoms with Crippen molar-refractivity contribution in [2.45, 2.75) is 25.8 Å². The van der Waals surface area contributed by atoms with Crippen molar-refractivity contribution >= 4 is 11.8 Å². The fourth-order valence-corrected chi connectivity index (χ4v) is 2.94. The smallest absolute Gasteiger partial charge is 0.315 e. The summed E-state index contributed by atoms with van der Waals surface area (Å²) in [6.07, 6.45) is 5.54. The van der Waals surface area contributed by atoms with Gasteiger partial charge in [0, 0.05) is 25.8 Å². The summed E-state index contributed by atoms with van der Waals surface area (Å²) in [5.41, 5.74) is 0.952. The Morgan fingerprint density at radius 1 is 1.07 bits per heavy atom. The number of ether oxygens (including phenoxy) is 1. The maximum Gasteiger partial charge on any atom is 0.315 e. The zero-order valence-electron chi connectivity index (χ0n) is 15.3. The highest BCUT2D eigenvalue weighted by molar-refractivity contribution is 5.73. The molecule has 3 rings (SSSR count). The predicted molar refractivity (Wildman–Crippen MR) is 102 cm³/mol. The number of hydrogen-bond acceptors (Lipinski definition) is 4. The topological polar surface area (TPSA) is 66.5 Å². The molecule has 0 saturated carbocycles. The average Bonchev–Trinajstić information content (AvgIpc) is 2.72. The van der Waals surface area contributed by atoms with Crippen molar-refractivity contribution in [2.24, 2.45) is 0 Å². The van der Waals surface area contributed by atoms with Crippen molar-refractivity contribution in [1.82, 2.24) is 15.6 Å². The summed E-state index contributed by atoms with van der Waals surface area (Å²) in [5, 5.41) is 5.52. The van der Waals surface area contributed by atoms with Crippen LogP contribution < -0.4 is 20.3 Å². The van der Waals surface area contributed by atoms with Gasteiger partial charge in [0.05, 0.1) is 6.54 Å². The Bertz CT molecular complexity index is 716. The fourth-order valence-electron chi connectivity index (χ4n) is 2.94. The van der Waals surface area contributed by atoms with E-state index in [2.05, 4.69) is 20.5 Å². The molecule has 1 saturated heterocycles. The Kier molecular flexibility index (Phi) is 6.84. The van der Waals surface area contributed by atoms with Crippen molar-refractivity contribution in [3.8, 4) is 5.75 Å². The van der Waals surface area contributed by atoms with Crippen LogP contribution in [0.4, 0.5) is 15.0 Å². The first kappa shape index (κ1) is 18.9. The van der Waals surface area contributed by atoms with Gasteiger partial charge in [0.1, 0.15) is 24.0 Å². The second kappa shape index (κ2) is 9.75. The van der Waals surface area contributed by atoms with Gasteiger partial charge in [-0.2, -0.15) is 0 Å². The molecule has 1 aromatic heterocycles. The van der Waals surface area contributed by atoms with Crippen LogP contribution in [0.25, 0.3) is 0 Å². The first-order valence-electron chi connectivity index (χ1n) is 9.31. The average molecular weight is 372 g/mol. The molecule has 1 fully saturated rings. The number of nitrogens with one attached hydrogen (secondary N) is 2. The first-order valence-corrected chi connectivity index (χ1v) is 9.31. The minimum Gasteiger partial charge on any atom is -0.492 e. The summed E-state index contributed by atoms with van der Waals surface area (Å²) < 4.78 is 18.2. The third kappa shape index (κ3) is 6.13. The van der Waals surface area contributed by atoms with Crippen molar-refractivity contribution in [3.63, 3.8) is 0 Å². The number of aromatic nitrogens is 1. The first-order chi connectivity index (χ1) is 13.2. The number of pyridine rings is 1. The molecule has 0 spiro atoms. The largest absolute Gasteiger partial charge is 0.492 e. The molecule has 27 heavy (non-hydrogen) atoms. The Hall–Kier alpha value is -2.83. The molecule has 0 unspecified atom stereocenters. The summed E-state index contributed by atoms with van der Waals surface area (Å²) in [7, 11) is 0. The van der Waals surface area contributed by atoms with E-state index in [0.29, 0.717) is 25.4 Å². The van der Waals surface area contributed by atoms with Crippen LogP contribution >= 0.6 is 0 Å². The van der Waals surface area contributed by atoms with E-state index < -0.39 is 0 Å².